The van der Waals surface area contributed by atoms with Crippen LogP contribution < -0.4 is 0 Å². The summed E-state index contributed by atoms with van der Waals surface area (Å²) in [6, 6.07) is 15.9. The molecule has 1 aliphatic rings. The second kappa shape index (κ2) is 4.22. The predicted octanol–water partition coefficient (Wildman–Crippen LogP) is 3.75. The number of carbonyl (C=O) groups excluding carboxylic acids is 1. The molecule has 0 spiro atoms. The maximum absolute atomic E-state index is 12.1. The van der Waals surface area contributed by atoms with Crippen LogP contribution in [0.2, 0.25) is 0 Å². The van der Waals surface area contributed by atoms with Crippen LogP contribution in [0.15, 0.2) is 48.5 Å². The molecule has 0 radical (unpaired) electrons. The monoisotopic (exact) mass is 277 g/mol. The number of fused-ring (bicyclic) bond motifs is 2. The smallest absolute Gasteiger partial charge is 0.339 e. The van der Waals surface area contributed by atoms with Gasteiger partial charge in [-0.05, 0) is 24.6 Å². The van der Waals surface area contributed by atoms with Crippen molar-refractivity contribution in [1.29, 1.82) is 0 Å². The van der Waals surface area contributed by atoms with E-state index in [2.05, 4.69) is 23.6 Å². The summed E-state index contributed by atoms with van der Waals surface area (Å²) in [6.07, 6.45) is -0.314. The number of cyclic esters (lactones) is 1. The van der Waals surface area contributed by atoms with Crippen molar-refractivity contribution < 1.29 is 9.53 Å². The Labute approximate surface area is 122 Å². The number of nitrogens with zero attached hydrogens (tertiary/aromatic N) is 1. The van der Waals surface area contributed by atoms with E-state index in [0.29, 0.717) is 5.56 Å². The highest BCUT2D eigenvalue weighted by Crippen LogP contribution is 2.39. The predicted molar refractivity (Wildman–Crippen MR) is 81.4 cm³/mol. The van der Waals surface area contributed by atoms with E-state index in [1.807, 2.05) is 43.4 Å². The average Bonchev–Trinajstić information content (AvgIpc) is 2.96. The van der Waals surface area contributed by atoms with Crippen LogP contribution in [0.3, 0.4) is 0 Å². The van der Waals surface area contributed by atoms with Crippen LogP contribution in [0.4, 0.5) is 0 Å². The molecule has 0 aliphatic carbocycles. The first-order chi connectivity index (χ1) is 10.2. The molecule has 2 aromatic carbocycles. The number of aromatic nitrogens is 1. The number of aryl methyl sites for hydroxylation is 2. The van der Waals surface area contributed by atoms with Gasteiger partial charge in [0.25, 0.3) is 0 Å². The summed E-state index contributed by atoms with van der Waals surface area (Å²) in [5, 5.41) is 1.20. The van der Waals surface area contributed by atoms with Crippen molar-refractivity contribution in [2.45, 2.75) is 13.0 Å². The van der Waals surface area contributed by atoms with Gasteiger partial charge in [0.2, 0.25) is 0 Å². The molecule has 2 heterocycles. The summed E-state index contributed by atoms with van der Waals surface area (Å²) in [7, 11) is 2.03. The summed E-state index contributed by atoms with van der Waals surface area (Å²) in [5.41, 5.74) is 5.01. The largest absolute Gasteiger partial charge is 0.447 e. The van der Waals surface area contributed by atoms with E-state index in [0.717, 1.165) is 16.8 Å². The van der Waals surface area contributed by atoms with Crippen LogP contribution in [0, 0.1) is 6.92 Å². The van der Waals surface area contributed by atoms with E-state index < -0.39 is 0 Å². The molecule has 0 fully saturated rings. The van der Waals surface area contributed by atoms with Crippen LogP contribution in [-0.2, 0) is 11.8 Å². The molecule has 21 heavy (non-hydrogen) atoms. The minimum atomic E-state index is -0.314. The lowest BCUT2D eigenvalue weighted by Crippen LogP contribution is -2.07. The molecule has 4 rings (SSSR count). The number of hydrogen-bond donors (Lipinski definition) is 0. The summed E-state index contributed by atoms with van der Waals surface area (Å²) in [6.45, 7) is 2.09. The van der Waals surface area contributed by atoms with Gasteiger partial charge in [0.05, 0.1) is 11.3 Å². The van der Waals surface area contributed by atoms with Gasteiger partial charge in [-0.25, -0.2) is 4.79 Å². The number of carbonyl (C=O) groups is 1. The zero-order chi connectivity index (χ0) is 14.6. The van der Waals surface area contributed by atoms with E-state index in [-0.39, 0.29) is 12.1 Å². The van der Waals surface area contributed by atoms with Crippen molar-refractivity contribution in [2.24, 2.45) is 7.05 Å². The second-order valence-electron chi connectivity index (χ2n) is 5.46. The topological polar surface area (TPSA) is 31.2 Å². The van der Waals surface area contributed by atoms with Crippen LogP contribution in [0.1, 0.15) is 33.3 Å². The molecule has 1 aliphatic heterocycles. The van der Waals surface area contributed by atoms with Gasteiger partial charge >= 0.3 is 5.97 Å². The molecule has 3 nitrogen and oxygen atoms in total. The highest BCUT2D eigenvalue weighted by Gasteiger charge is 2.34. The lowest BCUT2D eigenvalue weighted by Gasteiger charge is -2.14. The Balaban J connectivity index is 1.99. The van der Waals surface area contributed by atoms with Crippen molar-refractivity contribution in [1.82, 2.24) is 4.57 Å². The van der Waals surface area contributed by atoms with Gasteiger partial charge in [-0.1, -0.05) is 36.4 Å². The number of esters is 1. The van der Waals surface area contributed by atoms with Crippen LogP contribution in [0.5, 0.6) is 0 Å². The minimum Gasteiger partial charge on any atom is -0.447 e. The SMILES string of the molecule is Cc1c(C2OC(=O)c3ccccc32)n(C)c2ccccc12. The number of hydrogen-bond acceptors (Lipinski definition) is 2. The van der Waals surface area contributed by atoms with Gasteiger partial charge < -0.3 is 9.30 Å². The summed E-state index contributed by atoms with van der Waals surface area (Å²) in [4.78, 5) is 12.1. The number of benzene rings is 2. The number of ether oxygens (including phenoxy) is 1. The first-order valence-corrected chi connectivity index (χ1v) is 7.02. The summed E-state index contributed by atoms with van der Waals surface area (Å²) in [5.74, 6) is -0.236. The van der Waals surface area contributed by atoms with Crippen LogP contribution in [0.25, 0.3) is 10.9 Å². The van der Waals surface area contributed by atoms with Crippen molar-refractivity contribution in [3.63, 3.8) is 0 Å². The molecule has 0 amide bonds. The highest BCUT2D eigenvalue weighted by atomic mass is 16.5. The third-order valence-corrected chi connectivity index (χ3v) is 4.35. The highest BCUT2D eigenvalue weighted by molar-refractivity contribution is 5.95. The van der Waals surface area contributed by atoms with E-state index in [1.54, 1.807) is 0 Å². The van der Waals surface area contributed by atoms with Gasteiger partial charge in [0, 0.05) is 23.5 Å². The molecule has 104 valence electrons. The Morgan fingerprint density at radius 3 is 2.57 bits per heavy atom. The van der Waals surface area contributed by atoms with Gasteiger partial charge in [0.15, 0.2) is 6.10 Å². The molecule has 0 saturated carbocycles. The molecular formula is C18H15NO2. The average molecular weight is 277 g/mol. The van der Waals surface area contributed by atoms with E-state index in [4.69, 9.17) is 4.74 Å². The molecule has 0 N–H and O–H groups in total. The van der Waals surface area contributed by atoms with Crippen LogP contribution >= 0.6 is 0 Å². The molecule has 1 aromatic heterocycles. The fourth-order valence-corrected chi connectivity index (χ4v) is 3.32. The Kier molecular flexibility index (Phi) is 2.45. The summed E-state index contributed by atoms with van der Waals surface area (Å²) >= 11 is 0. The summed E-state index contributed by atoms with van der Waals surface area (Å²) < 4.78 is 7.78. The molecule has 1 unspecified atom stereocenters. The van der Waals surface area contributed by atoms with E-state index in [9.17, 15) is 4.79 Å². The Hall–Kier alpha value is -2.55. The number of para-hydroxylation sites is 1. The zero-order valence-electron chi connectivity index (χ0n) is 12.0. The molecule has 0 bridgehead atoms. The fourth-order valence-electron chi connectivity index (χ4n) is 3.32. The Bertz CT molecular complexity index is 837. The number of rotatable bonds is 1. The zero-order valence-corrected chi connectivity index (χ0v) is 12.0. The quantitative estimate of drug-likeness (QED) is 0.634. The van der Waals surface area contributed by atoms with Gasteiger partial charge in [-0.3, -0.25) is 0 Å². The third kappa shape index (κ3) is 1.57. The molecule has 3 aromatic rings. The minimum absolute atomic E-state index is 0.236. The van der Waals surface area contributed by atoms with Crippen molar-refractivity contribution in [3.05, 3.63) is 70.9 Å². The normalized spacial score (nSPS) is 17.0. The lowest BCUT2D eigenvalue weighted by molar-refractivity contribution is 0.0445. The standard InChI is InChI=1S/C18H15NO2/c1-11-12-7-5-6-10-15(12)19(2)16(11)17-13-8-3-4-9-14(13)18(20)21-17/h3-10,17H,1-2H3. The maximum Gasteiger partial charge on any atom is 0.339 e. The molecular weight excluding hydrogens is 262 g/mol. The third-order valence-electron chi connectivity index (χ3n) is 4.35. The van der Waals surface area contributed by atoms with Gasteiger partial charge in [-0.2, -0.15) is 0 Å². The van der Waals surface area contributed by atoms with Crippen molar-refractivity contribution >= 4 is 16.9 Å². The van der Waals surface area contributed by atoms with E-state index in [1.165, 1.54) is 10.9 Å². The molecule has 0 saturated heterocycles. The lowest BCUT2D eigenvalue weighted by atomic mass is 10.0. The van der Waals surface area contributed by atoms with Gasteiger partial charge in [-0.15, -0.1) is 0 Å². The van der Waals surface area contributed by atoms with Crippen molar-refractivity contribution in [3.8, 4) is 0 Å². The first-order valence-electron chi connectivity index (χ1n) is 7.02. The molecule has 3 heteroatoms. The maximum atomic E-state index is 12.1. The van der Waals surface area contributed by atoms with Crippen LogP contribution in [-0.4, -0.2) is 10.5 Å². The first kappa shape index (κ1) is 12.2. The Morgan fingerprint density at radius 2 is 1.76 bits per heavy atom. The Morgan fingerprint density at radius 1 is 1.05 bits per heavy atom. The fraction of sp³-hybridized carbons (Fsp3) is 0.167. The van der Waals surface area contributed by atoms with Gasteiger partial charge in [0.1, 0.15) is 0 Å². The van der Waals surface area contributed by atoms with E-state index >= 15 is 0 Å². The second-order valence-corrected chi connectivity index (χ2v) is 5.46. The van der Waals surface area contributed by atoms with Crippen molar-refractivity contribution in [2.75, 3.05) is 0 Å². The molecule has 1 atom stereocenters.